The predicted octanol–water partition coefficient (Wildman–Crippen LogP) is 5.52. The van der Waals surface area contributed by atoms with Crippen LogP contribution in [-0.4, -0.2) is 46.8 Å². The largest absolute Gasteiger partial charge is 0.480 e. The topological polar surface area (TPSA) is 75.6 Å². The molecule has 0 spiro atoms. The number of benzene rings is 2. The number of carboxylic acid groups (broad SMARTS) is 1. The average Bonchev–Trinajstić information content (AvgIpc) is 2.79. The van der Waals surface area contributed by atoms with Gasteiger partial charge >= 0.3 is 5.97 Å². The number of ether oxygens (including phenoxy) is 1. The summed E-state index contributed by atoms with van der Waals surface area (Å²) >= 11 is 0. The zero-order valence-electron chi connectivity index (χ0n) is 19.9. The summed E-state index contributed by atoms with van der Waals surface area (Å²) in [6.07, 6.45) is 3.52. The Morgan fingerprint density at radius 3 is 2.06 bits per heavy atom. The van der Waals surface area contributed by atoms with E-state index in [2.05, 4.69) is 81.1 Å². The van der Waals surface area contributed by atoms with Gasteiger partial charge in [-0.1, -0.05) is 59.7 Å². The quantitative estimate of drug-likeness (QED) is 0.390. The van der Waals surface area contributed by atoms with Crippen molar-refractivity contribution in [2.75, 3.05) is 24.7 Å². The summed E-state index contributed by atoms with van der Waals surface area (Å²) in [7, 11) is 0. The minimum Gasteiger partial charge on any atom is -0.480 e. The van der Waals surface area contributed by atoms with E-state index in [1.54, 1.807) is 0 Å². The lowest BCUT2D eigenvalue weighted by Gasteiger charge is -2.28. The first-order valence-electron chi connectivity index (χ1n) is 11.4. The summed E-state index contributed by atoms with van der Waals surface area (Å²) < 4.78 is 5.16. The Labute approximate surface area is 196 Å². The zero-order valence-corrected chi connectivity index (χ0v) is 19.9. The molecule has 1 aromatic heterocycles. The lowest BCUT2D eigenvalue weighted by Crippen LogP contribution is -2.33. The van der Waals surface area contributed by atoms with Crippen molar-refractivity contribution in [1.29, 1.82) is 0 Å². The Morgan fingerprint density at radius 2 is 1.52 bits per heavy atom. The molecular formula is C27H33N3O3. The standard InChI is InChI=1S/C27H33N3O3/c1-19(2)30(15-5-6-16-33-18-25(31)32)24-17-28-26(22-11-7-20(3)8-12-22)27(29-24)23-13-9-21(4)10-14-23/h7-14,17,19H,5-6,15-16,18H2,1-4H3,(H,31,32). The molecule has 33 heavy (non-hydrogen) atoms. The van der Waals surface area contributed by atoms with Crippen LogP contribution in [0.5, 0.6) is 0 Å². The van der Waals surface area contributed by atoms with Crippen molar-refractivity contribution in [3.63, 3.8) is 0 Å². The fourth-order valence-corrected chi connectivity index (χ4v) is 3.64. The van der Waals surface area contributed by atoms with Gasteiger partial charge in [0.15, 0.2) is 0 Å². The fourth-order valence-electron chi connectivity index (χ4n) is 3.64. The van der Waals surface area contributed by atoms with E-state index in [1.165, 1.54) is 11.1 Å². The third kappa shape index (κ3) is 6.86. The van der Waals surface area contributed by atoms with Crippen LogP contribution >= 0.6 is 0 Å². The van der Waals surface area contributed by atoms with Crippen LogP contribution in [0.25, 0.3) is 22.5 Å². The first-order valence-corrected chi connectivity index (χ1v) is 11.4. The molecule has 0 atom stereocenters. The smallest absolute Gasteiger partial charge is 0.329 e. The maximum Gasteiger partial charge on any atom is 0.329 e. The predicted molar refractivity (Wildman–Crippen MR) is 133 cm³/mol. The minimum atomic E-state index is -0.939. The summed E-state index contributed by atoms with van der Waals surface area (Å²) in [6.45, 7) is 9.41. The molecule has 0 saturated carbocycles. The molecule has 6 heteroatoms. The van der Waals surface area contributed by atoms with Crippen molar-refractivity contribution < 1.29 is 14.6 Å². The van der Waals surface area contributed by atoms with E-state index < -0.39 is 5.97 Å². The summed E-state index contributed by atoms with van der Waals surface area (Å²) in [6, 6.07) is 17.0. The highest BCUT2D eigenvalue weighted by Crippen LogP contribution is 2.31. The van der Waals surface area contributed by atoms with Gasteiger partial charge in [-0.25, -0.2) is 9.78 Å². The highest BCUT2D eigenvalue weighted by Gasteiger charge is 2.17. The van der Waals surface area contributed by atoms with Crippen molar-refractivity contribution in [2.45, 2.75) is 46.6 Å². The summed E-state index contributed by atoms with van der Waals surface area (Å²) in [4.78, 5) is 22.8. The van der Waals surface area contributed by atoms with Gasteiger partial charge in [0, 0.05) is 30.3 Å². The lowest BCUT2D eigenvalue weighted by atomic mass is 10.0. The van der Waals surface area contributed by atoms with E-state index in [9.17, 15) is 4.79 Å². The van der Waals surface area contributed by atoms with Crippen LogP contribution in [0.3, 0.4) is 0 Å². The first-order chi connectivity index (χ1) is 15.8. The molecule has 0 amide bonds. The van der Waals surface area contributed by atoms with Gasteiger partial charge in [-0.05, 0) is 40.5 Å². The molecule has 3 rings (SSSR count). The van der Waals surface area contributed by atoms with Crippen LogP contribution in [-0.2, 0) is 9.53 Å². The second-order valence-corrected chi connectivity index (χ2v) is 8.60. The Hall–Kier alpha value is -3.25. The third-order valence-corrected chi connectivity index (χ3v) is 5.49. The van der Waals surface area contributed by atoms with E-state index in [1.807, 2.05) is 6.20 Å². The van der Waals surface area contributed by atoms with Crippen LogP contribution in [0.2, 0.25) is 0 Å². The Bertz CT molecular complexity index is 1050. The van der Waals surface area contributed by atoms with Gasteiger partial charge in [-0.3, -0.25) is 4.98 Å². The van der Waals surface area contributed by atoms with Crippen molar-refractivity contribution >= 4 is 11.8 Å². The van der Waals surface area contributed by atoms with E-state index >= 15 is 0 Å². The molecule has 0 unspecified atom stereocenters. The van der Waals surface area contributed by atoms with E-state index in [0.717, 1.165) is 47.7 Å². The molecule has 0 radical (unpaired) electrons. The van der Waals surface area contributed by atoms with Crippen LogP contribution in [0.4, 0.5) is 5.82 Å². The Balaban J connectivity index is 1.87. The summed E-state index contributed by atoms with van der Waals surface area (Å²) in [5, 5.41) is 8.68. The van der Waals surface area contributed by atoms with Crippen LogP contribution in [0.1, 0.15) is 37.8 Å². The fraction of sp³-hybridized carbons (Fsp3) is 0.370. The molecule has 0 fully saturated rings. The number of rotatable bonds is 11. The summed E-state index contributed by atoms with van der Waals surface area (Å²) in [5.41, 5.74) is 6.23. The van der Waals surface area contributed by atoms with Crippen molar-refractivity contribution in [2.24, 2.45) is 0 Å². The van der Waals surface area contributed by atoms with E-state index in [-0.39, 0.29) is 12.6 Å². The molecule has 0 aliphatic heterocycles. The highest BCUT2D eigenvalue weighted by atomic mass is 16.5. The van der Waals surface area contributed by atoms with Gasteiger partial charge in [0.1, 0.15) is 12.4 Å². The Kier molecular flexibility index (Phi) is 8.55. The van der Waals surface area contributed by atoms with Crippen LogP contribution in [0.15, 0.2) is 54.7 Å². The molecule has 1 heterocycles. The molecular weight excluding hydrogens is 414 g/mol. The lowest BCUT2D eigenvalue weighted by molar-refractivity contribution is -0.142. The zero-order chi connectivity index (χ0) is 23.8. The number of aliphatic carboxylic acids is 1. The number of unbranched alkanes of at least 4 members (excludes halogenated alkanes) is 1. The second kappa shape index (κ2) is 11.6. The minimum absolute atomic E-state index is 0.246. The number of hydrogen-bond acceptors (Lipinski definition) is 5. The number of carbonyl (C=O) groups is 1. The van der Waals surface area contributed by atoms with Crippen LogP contribution < -0.4 is 4.90 Å². The Morgan fingerprint density at radius 1 is 0.939 bits per heavy atom. The number of hydrogen-bond donors (Lipinski definition) is 1. The SMILES string of the molecule is Cc1ccc(-c2ncc(N(CCCCOCC(=O)O)C(C)C)nc2-c2ccc(C)cc2)cc1. The second-order valence-electron chi connectivity index (χ2n) is 8.60. The summed E-state index contributed by atoms with van der Waals surface area (Å²) in [5.74, 6) is -0.103. The normalized spacial score (nSPS) is 11.1. The number of nitrogens with zero attached hydrogens (tertiary/aromatic N) is 3. The van der Waals surface area contributed by atoms with Gasteiger partial charge in [-0.15, -0.1) is 0 Å². The molecule has 3 aromatic rings. The molecule has 0 aliphatic rings. The molecule has 0 aliphatic carbocycles. The van der Waals surface area contributed by atoms with Crippen molar-refractivity contribution in [3.05, 3.63) is 65.9 Å². The molecule has 0 bridgehead atoms. The monoisotopic (exact) mass is 447 g/mol. The molecule has 0 saturated heterocycles. The average molecular weight is 448 g/mol. The maximum atomic E-state index is 10.6. The molecule has 6 nitrogen and oxygen atoms in total. The highest BCUT2D eigenvalue weighted by molar-refractivity contribution is 5.79. The van der Waals surface area contributed by atoms with Crippen LogP contribution in [0, 0.1) is 13.8 Å². The number of carboxylic acids is 1. The number of aromatic nitrogens is 2. The maximum absolute atomic E-state index is 10.6. The van der Waals surface area contributed by atoms with Crippen molar-refractivity contribution in [1.82, 2.24) is 9.97 Å². The van der Waals surface area contributed by atoms with Gasteiger partial charge in [0.05, 0.1) is 17.6 Å². The first kappa shape index (κ1) is 24.4. The van der Waals surface area contributed by atoms with E-state index in [0.29, 0.717) is 6.61 Å². The molecule has 2 aromatic carbocycles. The molecule has 174 valence electrons. The number of aryl methyl sites for hydroxylation is 2. The number of anilines is 1. The van der Waals surface area contributed by atoms with Gasteiger partial charge < -0.3 is 14.7 Å². The van der Waals surface area contributed by atoms with Crippen molar-refractivity contribution in [3.8, 4) is 22.5 Å². The molecule has 1 N–H and O–H groups in total. The van der Waals surface area contributed by atoms with Gasteiger partial charge in [-0.2, -0.15) is 0 Å². The van der Waals surface area contributed by atoms with Gasteiger partial charge in [0.25, 0.3) is 0 Å². The van der Waals surface area contributed by atoms with Gasteiger partial charge in [0.2, 0.25) is 0 Å². The van der Waals surface area contributed by atoms with E-state index in [4.69, 9.17) is 19.8 Å². The third-order valence-electron chi connectivity index (χ3n) is 5.49.